The van der Waals surface area contributed by atoms with Crippen LogP contribution in [-0.4, -0.2) is 21.0 Å². The second-order valence-corrected chi connectivity index (χ2v) is 6.82. The second-order valence-electron chi connectivity index (χ2n) is 6.41. The Morgan fingerprint density at radius 3 is 2.46 bits per heavy atom. The van der Waals surface area contributed by atoms with Crippen LogP contribution in [0.4, 0.5) is 30.6 Å². The van der Waals surface area contributed by atoms with Gasteiger partial charge < -0.3 is 10.6 Å². The third-order valence-corrected chi connectivity index (χ3v) is 4.44. The number of rotatable bonds is 5. The van der Waals surface area contributed by atoms with E-state index in [0.717, 1.165) is 25.0 Å². The first kappa shape index (κ1) is 18.5. The van der Waals surface area contributed by atoms with E-state index in [1.54, 1.807) is 18.3 Å². The highest BCUT2D eigenvalue weighted by atomic mass is 35.5. The Kier molecular flexibility index (Phi) is 4.80. The van der Waals surface area contributed by atoms with Crippen LogP contribution in [0.3, 0.4) is 0 Å². The molecule has 0 atom stereocenters. The van der Waals surface area contributed by atoms with Crippen LogP contribution in [-0.2, 0) is 6.18 Å². The maximum Gasteiger partial charge on any atom is 0.416 e. The summed E-state index contributed by atoms with van der Waals surface area (Å²) in [5.74, 6) is 0.830. The monoisotopic (exact) mass is 405 g/mol. The van der Waals surface area contributed by atoms with Gasteiger partial charge in [0.2, 0.25) is 5.95 Å². The zero-order valence-corrected chi connectivity index (χ0v) is 15.2. The topological polar surface area (TPSA) is 62.7 Å². The molecule has 5 nitrogen and oxygen atoms in total. The number of benzene rings is 1. The van der Waals surface area contributed by atoms with Crippen LogP contribution in [0.15, 0.2) is 48.7 Å². The molecule has 0 aliphatic heterocycles. The Morgan fingerprint density at radius 1 is 1.00 bits per heavy atom. The Hall–Kier alpha value is -2.87. The van der Waals surface area contributed by atoms with Crippen molar-refractivity contribution in [1.82, 2.24) is 15.0 Å². The van der Waals surface area contributed by atoms with Crippen LogP contribution >= 0.6 is 11.6 Å². The lowest BCUT2D eigenvalue weighted by Gasteiger charge is -2.13. The molecular formula is C19H15ClF3N5. The summed E-state index contributed by atoms with van der Waals surface area (Å²) in [6.45, 7) is 0. The normalized spacial score (nSPS) is 14.0. The summed E-state index contributed by atoms with van der Waals surface area (Å²) in [4.78, 5) is 13.2. The van der Waals surface area contributed by atoms with Gasteiger partial charge in [-0.1, -0.05) is 17.7 Å². The quantitative estimate of drug-likeness (QED) is 0.584. The van der Waals surface area contributed by atoms with Crippen LogP contribution < -0.4 is 10.6 Å². The van der Waals surface area contributed by atoms with E-state index in [9.17, 15) is 13.2 Å². The zero-order valence-electron chi connectivity index (χ0n) is 14.5. The molecule has 0 radical (unpaired) electrons. The van der Waals surface area contributed by atoms with Gasteiger partial charge in [-0.15, -0.1) is 0 Å². The van der Waals surface area contributed by atoms with Crippen LogP contribution in [0.25, 0.3) is 11.4 Å². The van der Waals surface area contributed by atoms with Gasteiger partial charge in [0.15, 0.2) is 0 Å². The highest BCUT2D eigenvalue weighted by Gasteiger charge is 2.31. The molecule has 1 aliphatic rings. The fourth-order valence-corrected chi connectivity index (χ4v) is 2.79. The highest BCUT2D eigenvalue weighted by Crippen LogP contribution is 2.35. The summed E-state index contributed by atoms with van der Waals surface area (Å²) in [6.07, 6.45) is -0.703. The lowest BCUT2D eigenvalue weighted by Crippen LogP contribution is -2.08. The summed E-state index contributed by atoms with van der Waals surface area (Å²) in [5, 5.41) is 6.15. The molecule has 2 N–H and O–H groups in total. The Balaban J connectivity index is 1.67. The molecule has 0 unspecified atom stereocenters. The molecule has 1 aromatic carbocycles. The second kappa shape index (κ2) is 7.27. The minimum Gasteiger partial charge on any atom is -0.351 e. The van der Waals surface area contributed by atoms with Gasteiger partial charge in [-0.3, -0.25) is 4.98 Å². The molecule has 1 fully saturated rings. The Bertz CT molecular complexity index is 991. The molecular weight excluding hydrogens is 391 g/mol. The first-order valence-electron chi connectivity index (χ1n) is 8.59. The first-order valence-corrected chi connectivity index (χ1v) is 8.97. The number of hydrogen-bond donors (Lipinski definition) is 2. The van der Waals surface area contributed by atoms with Crippen LogP contribution in [0.2, 0.25) is 5.02 Å². The molecule has 1 aliphatic carbocycles. The van der Waals surface area contributed by atoms with E-state index >= 15 is 0 Å². The lowest BCUT2D eigenvalue weighted by molar-refractivity contribution is -0.137. The van der Waals surface area contributed by atoms with Gasteiger partial charge in [0, 0.05) is 18.3 Å². The Labute approximate surface area is 164 Å². The minimum atomic E-state index is -4.45. The number of halogens is 4. The van der Waals surface area contributed by atoms with Gasteiger partial charge in [-0.05, 0) is 43.2 Å². The maximum atomic E-state index is 12.8. The van der Waals surface area contributed by atoms with Crippen molar-refractivity contribution in [3.05, 3.63) is 59.2 Å². The zero-order chi connectivity index (χ0) is 19.7. The number of nitrogens with one attached hydrogen (secondary N) is 2. The van der Waals surface area contributed by atoms with Gasteiger partial charge in [-0.2, -0.15) is 18.2 Å². The SMILES string of the molecule is FC(F)(F)c1ccc(Nc2cc(-c3ccccn3)nc(NC3CC3)n2)c(Cl)c1. The fourth-order valence-electron chi connectivity index (χ4n) is 2.56. The summed E-state index contributed by atoms with van der Waals surface area (Å²) in [6, 6.07) is 10.6. The average molecular weight is 406 g/mol. The van der Waals surface area contributed by atoms with E-state index in [0.29, 0.717) is 34.9 Å². The third-order valence-electron chi connectivity index (χ3n) is 4.12. The molecule has 3 aromatic rings. The van der Waals surface area contributed by atoms with E-state index in [1.807, 2.05) is 12.1 Å². The van der Waals surface area contributed by atoms with Gasteiger partial charge in [-0.25, -0.2) is 4.98 Å². The Morgan fingerprint density at radius 2 is 1.82 bits per heavy atom. The van der Waals surface area contributed by atoms with Crippen molar-refractivity contribution in [3.8, 4) is 11.4 Å². The molecule has 9 heteroatoms. The molecule has 4 rings (SSSR count). The maximum absolute atomic E-state index is 12.8. The molecule has 0 saturated heterocycles. The summed E-state index contributed by atoms with van der Waals surface area (Å²) in [5.41, 5.74) is 0.753. The molecule has 1 saturated carbocycles. The van der Waals surface area contributed by atoms with Crippen LogP contribution in [0.1, 0.15) is 18.4 Å². The van der Waals surface area contributed by atoms with Gasteiger partial charge in [0.1, 0.15) is 5.82 Å². The van der Waals surface area contributed by atoms with Crippen molar-refractivity contribution in [1.29, 1.82) is 0 Å². The van der Waals surface area contributed by atoms with E-state index in [1.165, 1.54) is 6.07 Å². The van der Waals surface area contributed by atoms with Gasteiger partial charge in [0.25, 0.3) is 0 Å². The lowest BCUT2D eigenvalue weighted by atomic mass is 10.2. The number of alkyl halides is 3. The minimum absolute atomic E-state index is 0.0514. The van der Waals surface area contributed by atoms with Gasteiger partial charge >= 0.3 is 6.18 Å². The molecule has 0 bridgehead atoms. The van der Waals surface area contributed by atoms with Crippen molar-refractivity contribution < 1.29 is 13.2 Å². The third kappa shape index (κ3) is 4.33. The predicted octanol–water partition coefficient (Wildman–Crippen LogP) is 5.53. The van der Waals surface area contributed by atoms with E-state index in [4.69, 9.17) is 11.6 Å². The van der Waals surface area contributed by atoms with Crippen LogP contribution in [0, 0.1) is 0 Å². The number of nitrogens with zero attached hydrogens (tertiary/aromatic N) is 3. The number of hydrogen-bond acceptors (Lipinski definition) is 5. The average Bonchev–Trinajstić information content (AvgIpc) is 3.47. The highest BCUT2D eigenvalue weighted by molar-refractivity contribution is 6.33. The van der Waals surface area contributed by atoms with E-state index < -0.39 is 11.7 Å². The van der Waals surface area contributed by atoms with E-state index in [2.05, 4.69) is 25.6 Å². The first-order chi connectivity index (χ1) is 13.4. The summed E-state index contributed by atoms with van der Waals surface area (Å²) in [7, 11) is 0. The van der Waals surface area contributed by atoms with Crippen molar-refractivity contribution in [2.75, 3.05) is 10.6 Å². The fraction of sp³-hybridized carbons (Fsp3) is 0.211. The van der Waals surface area contributed by atoms with Gasteiger partial charge in [0.05, 0.1) is 27.7 Å². The number of pyridine rings is 1. The predicted molar refractivity (Wildman–Crippen MR) is 102 cm³/mol. The number of aromatic nitrogens is 3. The summed E-state index contributed by atoms with van der Waals surface area (Å²) >= 11 is 6.04. The standard InChI is InChI=1S/C19H15ClF3N5/c20-13-9-11(19(21,22)23)4-7-14(13)26-17-10-16(15-3-1-2-8-24-15)27-18(28-17)25-12-5-6-12/h1-4,7-10,12H,5-6H2,(H2,25,26,27,28). The smallest absolute Gasteiger partial charge is 0.351 e. The molecule has 28 heavy (non-hydrogen) atoms. The largest absolute Gasteiger partial charge is 0.416 e. The van der Waals surface area contributed by atoms with Crippen LogP contribution in [0.5, 0.6) is 0 Å². The molecule has 0 amide bonds. The van der Waals surface area contributed by atoms with Crippen molar-refractivity contribution in [3.63, 3.8) is 0 Å². The molecule has 144 valence electrons. The molecule has 2 aromatic heterocycles. The molecule has 2 heterocycles. The van der Waals surface area contributed by atoms with E-state index in [-0.39, 0.29) is 5.02 Å². The van der Waals surface area contributed by atoms with Crippen molar-refractivity contribution in [2.24, 2.45) is 0 Å². The number of anilines is 3. The van der Waals surface area contributed by atoms with Crippen molar-refractivity contribution >= 4 is 29.1 Å². The summed E-state index contributed by atoms with van der Waals surface area (Å²) < 4.78 is 38.5. The molecule has 0 spiro atoms. The van der Waals surface area contributed by atoms with Crippen molar-refractivity contribution in [2.45, 2.75) is 25.1 Å².